The zero-order valence-electron chi connectivity index (χ0n) is 36.1. The zero-order valence-corrected chi connectivity index (χ0v) is 43.1. The van der Waals surface area contributed by atoms with Crippen molar-refractivity contribution >= 4 is 70.9 Å². The van der Waals surface area contributed by atoms with E-state index in [4.69, 9.17) is 25.9 Å². The molecule has 6 aromatic carbocycles. The second kappa shape index (κ2) is 18.2. The molecule has 0 saturated carbocycles. The second-order valence-electron chi connectivity index (χ2n) is 17.7. The summed E-state index contributed by atoms with van der Waals surface area (Å²) in [5.41, 5.74) is 12.7. The van der Waals surface area contributed by atoms with Crippen molar-refractivity contribution in [2.45, 2.75) is 80.1 Å². The normalized spacial score (nSPS) is 11.6. The molecular weight excluding hydrogens is 879 g/mol. The van der Waals surface area contributed by atoms with Crippen LogP contribution in [0.1, 0.15) is 22.3 Å². The third-order valence-corrected chi connectivity index (χ3v) is 34.1. The summed E-state index contributed by atoms with van der Waals surface area (Å²) in [4.78, 5) is 0. The molecule has 0 amide bonds. The number of halogens is 2. The molecule has 0 spiro atoms. The minimum atomic E-state index is -1.65. The van der Waals surface area contributed by atoms with E-state index < -0.39 is 34.1 Å². The number of furan rings is 2. The van der Waals surface area contributed by atoms with Crippen LogP contribution in [0.15, 0.2) is 130 Å². The molecule has 2 aromatic heterocycles. The minimum absolute atomic E-state index is 0.224. The van der Waals surface area contributed by atoms with Gasteiger partial charge in [-0.15, -0.1) is 57.9 Å². The quantitative estimate of drug-likeness (QED) is 0.123. The van der Waals surface area contributed by atoms with Crippen molar-refractivity contribution in [3.8, 4) is 44.9 Å². The van der Waals surface area contributed by atoms with E-state index in [2.05, 4.69) is 201 Å². The molecule has 2 heterocycles. The number of fused-ring (bicyclic) bond motifs is 2. The van der Waals surface area contributed by atoms with E-state index in [0.717, 1.165) is 22.3 Å². The van der Waals surface area contributed by atoms with Gasteiger partial charge in [-0.25, -0.2) is 0 Å². The predicted octanol–water partition coefficient (Wildman–Crippen LogP) is 15.5. The summed E-state index contributed by atoms with van der Waals surface area (Å²) in [5, 5.41) is 7.50. The van der Waals surface area contributed by atoms with Crippen molar-refractivity contribution in [3.63, 3.8) is 0 Å². The first-order valence-electron chi connectivity index (χ1n) is 20.1. The topological polar surface area (TPSA) is 26.3 Å². The van der Waals surface area contributed by atoms with Gasteiger partial charge in [-0.2, -0.15) is 0 Å². The van der Waals surface area contributed by atoms with Gasteiger partial charge in [0.1, 0.15) is 16.1 Å². The number of rotatable bonds is 6. The SMILES string of the molecule is C[Si](C)=[Zr]([Cl])[Cl].Cc1cc2[cH-]c(-c3ccc([Si](C)(C)C)o3)cc2c(-c2ccccc2)c1C.Cc1cc2[cH-]c(-c3ccc([Si](C)(C)C)o3)cc2c(-c2ccccc2)c1C. The van der Waals surface area contributed by atoms with E-state index in [0.29, 0.717) is 0 Å². The summed E-state index contributed by atoms with van der Waals surface area (Å²) in [6.07, 6.45) is 0. The summed E-state index contributed by atoms with van der Waals surface area (Å²) >= 11 is -1.65. The summed E-state index contributed by atoms with van der Waals surface area (Å²) in [5.74, 6) is 1.96. The van der Waals surface area contributed by atoms with E-state index in [1.807, 2.05) is 0 Å². The van der Waals surface area contributed by atoms with E-state index in [9.17, 15) is 0 Å². The van der Waals surface area contributed by atoms with Crippen molar-refractivity contribution in [1.29, 1.82) is 0 Å². The van der Waals surface area contributed by atoms with Crippen LogP contribution in [-0.2, 0) is 18.0 Å². The van der Waals surface area contributed by atoms with E-state index in [-0.39, 0.29) is 5.43 Å². The van der Waals surface area contributed by atoms with Gasteiger partial charge in [-0.05, 0) is 62.1 Å². The third-order valence-electron chi connectivity index (χ3n) is 10.8. The van der Waals surface area contributed by atoms with Gasteiger partial charge in [0.15, 0.2) is 0 Å². The maximum absolute atomic E-state index is 6.23. The Bertz CT molecular complexity index is 2520. The Morgan fingerprint density at radius 3 is 1.16 bits per heavy atom. The van der Waals surface area contributed by atoms with Crippen LogP contribution >= 0.6 is 17.0 Å². The minimum Gasteiger partial charge on any atom is -0.501 e. The molecule has 0 N–H and O–H groups in total. The molecule has 300 valence electrons. The zero-order chi connectivity index (χ0) is 42.1. The molecule has 8 heteroatoms. The first-order valence-corrected chi connectivity index (χ1v) is 39.6. The van der Waals surface area contributed by atoms with Gasteiger partial charge in [0.05, 0.1) is 22.3 Å². The third kappa shape index (κ3) is 10.0. The number of aryl methyl sites for hydroxylation is 2. The first-order chi connectivity index (χ1) is 27.3. The van der Waals surface area contributed by atoms with Crippen LogP contribution in [-0.4, -0.2) is 21.6 Å². The van der Waals surface area contributed by atoms with E-state index >= 15 is 0 Å². The Labute approximate surface area is 363 Å². The Morgan fingerprint density at radius 1 is 0.517 bits per heavy atom. The maximum Gasteiger partial charge on any atom is 0.122 e. The van der Waals surface area contributed by atoms with Crippen molar-refractivity contribution in [1.82, 2.24) is 0 Å². The molecule has 0 aliphatic carbocycles. The Kier molecular flexibility index (Phi) is 13.9. The summed E-state index contributed by atoms with van der Waals surface area (Å²) in [6, 6.07) is 43.7. The molecular formula is C50H56Cl2O2Si3Zr-2. The molecule has 0 radical (unpaired) electrons. The van der Waals surface area contributed by atoms with Crippen LogP contribution in [0.4, 0.5) is 0 Å². The molecule has 8 aromatic rings. The fourth-order valence-electron chi connectivity index (χ4n) is 7.24. The van der Waals surface area contributed by atoms with E-state index in [1.165, 1.54) is 77.2 Å². The van der Waals surface area contributed by atoms with Crippen molar-refractivity contribution in [2.24, 2.45) is 0 Å². The summed E-state index contributed by atoms with van der Waals surface area (Å²) < 4.78 is 12.5. The number of hydrogen-bond acceptors (Lipinski definition) is 2. The van der Waals surface area contributed by atoms with Crippen LogP contribution in [0.3, 0.4) is 0 Å². The molecule has 0 aliphatic rings. The van der Waals surface area contributed by atoms with Gasteiger partial charge in [-0.1, -0.05) is 145 Å². The molecule has 0 bridgehead atoms. The van der Waals surface area contributed by atoms with Gasteiger partial charge in [0.25, 0.3) is 0 Å². The van der Waals surface area contributed by atoms with Crippen LogP contribution in [0.2, 0.25) is 52.4 Å². The van der Waals surface area contributed by atoms with Crippen LogP contribution in [0.5, 0.6) is 0 Å². The molecule has 0 aliphatic heterocycles. The standard InChI is InChI=1S/2C24H25OSi.C2H6Si.2ClH.Zr/c2*1-16-13-19-14-20(22-11-12-23(25-22)26(3,4)5)15-21(19)24(17(16)2)18-9-7-6-8-10-18;1-3-2;;;/h2*6-15H,1-5H3;1-2H3;2*1H;/q2*-1;;;;+2/p-2. The van der Waals surface area contributed by atoms with Crippen LogP contribution < -0.4 is 10.8 Å². The molecule has 8 rings (SSSR count). The van der Waals surface area contributed by atoms with Gasteiger partial charge >= 0.3 is 53.5 Å². The molecule has 0 saturated heterocycles. The molecule has 2 nitrogen and oxygen atoms in total. The fourth-order valence-corrected chi connectivity index (χ4v) is 9.23. The Morgan fingerprint density at radius 2 is 0.862 bits per heavy atom. The van der Waals surface area contributed by atoms with E-state index in [1.54, 1.807) is 0 Å². The number of benzene rings is 4. The molecule has 0 fully saturated rings. The molecule has 58 heavy (non-hydrogen) atoms. The largest absolute Gasteiger partial charge is 0.501 e. The van der Waals surface area contributed by atoms with Gasteiger partial charge in [-0.3, -0.25) is 0 Å². The van der Waals surface area contributed by atoms with Crippen LogP contribution in [0.25, 0.3) is 66.4 Å². The van der Waals surface area contributed by atoms with Crippen molar-refractivity contribution in [3.05, 3.63) is 144 Å². The number of hydrogen-bond donors (Lipinski definition) is 0. The average molecular weight is 935 g/mol. The van der Waals surface area contributed by atoms with Gasteiger partial charge < -0.3 is 8.83 Å². The summed E-state index contributed by atoms with van der Waals surface area (Å²) in [7, 11) is 8.38. The maximum atomic E-state index is 6.23. The van der Waals surface area contributed by atoms with Crippen molar-refractivity contribution < 1.29 is 26.8 Å². The Balaban J connectivity index is 0.000000172. The van der Waals surface area contributed by atoms with Crippen molar-refractivity contribution in [2.75, 3.05) is 0 Å². The smallest absolute Gasteiger partial charge is 0.122 e. The average Bonchev–Trinajstić information content (AvgIpc) is 4.00. The van der Waals surface area contributed by atoms with Crippen LogP contribution in [0, 0.1) is 27.7 Å². The first kappa shape index (κ1) is 44.3. The molecule has 0 unspecified atom stereocenters. The summed E-state index contributed by atoms with van der Waals surface area (Å²) in [6.45, 7) is 27.1. The van der Waals surface area contributed by atoms with Gasteiger partial charge in [0.2, 0.25) is 0 Å². The van der Waals surface area contributed by atoms with Gasteiger partial charge in [0, 0.05) is 0 Å². The predicted molar refractivity (Wildman–Crippen MR) is 259 cm³/mol. The monoisotopic (exact) mass is 932 g/mol. The Hall–Kier alpha value is -3.23. The fraction of sp³-hybridized carbons (Fsp3) is 0.240. The second-order valence-corrected chi connectivity index (χ2v) is 50.7. The molecule has 0 atom stereocenters.